The average molecular weight is 326 g/mol. The summed E-state index contributed by atoms with van der Waals surface area (Å²) in [5.41, 5.74) is 1.44. The normalized spacial score (nSPS) is 14.9. The van der Waals surface area contributed by atoms with Crippen LogP contribution < -0.4 is 4.72 Å². The first-order valence-electron chi connectivity index (χ1n) is 6.52. The molecule has 0 spiro atoms. The largest absolute Gasteiger partial charge is 0.389 e. The van der Waals surface area contributed by atoms with E-state index >= 15 is 0 Å². The number of hydrogen-bond donors (Lipinski definition) is 2. The molecule has 114 valence electrons. The smallest absolute Gasteiger partial charge is 0.241 e. The molecule has 2 rings (SSSR count). The number of aryl methyl sites for hydroxylation is 1. The van der Waals surface area contributed by atoms with Gasteiger partial charge in [-0.05, 0) is 38.5 Å². The van der Waals surface area contributed by atoms with Gasteiger partial charge in [-0.3, -0.25) is 0 Å². The van der Waals surface area contributed by atoms with Gasteiger partial charge in [0, 0.05) is 11.1 Å². The summed E-state index contributed by atoms with van der Waals surface area (Å²) in [6.45, 7) is 5.22. The first-order valence-corrected chi connectivity index (χ1v) is 8.88. The van der Waals surface area contributed by atoms with E-state index in [4.69, 9.17) is 0 Å². The summed E-state index contributed by atoms with van der Waals surface area (Å²) in [6, 6.07) is 5.90. The molecule has 0 amide bonds. The summed E-state index contributed by atoms with van der Waals surface area (Å²) in [5.74, 6) is 0. The Hall–Kier alpha value is -1.28. The number of rotatable bonds is 5. The zero-order chi connectivity index (χ0) is 15.6. The standard InChI is InChI=1S/C14H18N2O3S2/c1-9-8-20-14(15-9)10(2)16-21(18,19)13-6-4-5-12(7-13)11(3)17/h4-8,10-11,16-17H,1-3H3. The lowest BCUT2D eigenvalue weighted by atomic mass is 10.1. The summed E-state index contributed by atoms with van der Waals surface area (Å²) < 4.78 is 27.4. The molecule has 7 heteroatoms. The number of aliphatic hydroxyl groups is 1. The van der Waals surface area contributed by atoms with Crippen molar-refractivity contribution in [2.75, 3.05) is 0 Å². The van der Waals surface area contributed by atoms with E-state index in [-0.39, 0.29) is 4.90 Å². The van der Waals surface area contributed by atoms with Crippen LogP contribution in [0.15, 0.2) is 34.5 Å². The maximum atomic E-state index is 12.4. The van der Waals surface area contributed by atoms with Gasteiger partial charge in [-0.25, -0.2) is 18.1 Å². The number of aromatic nitrogens is 1. The van der Waals surface area contributed by atoms with Gasteiger partial charge in [0.05, 0.1) is 17.0 Å². The maximum absolute atomic E-state index is 12.4. The second-order valence-corrected chi connectivity index (χ2v) is 7.52. The molecule has 21 heavy (non-hydrogen) atoms. The third kappa shape index (κ3) is 3.88. The lowest BCUT2D eigenvalue weighted by molar-refractivity contribution is 0.199. The van der Waals surface area contributed by atoms with Crippen molar-refractivity contribution in [2.24, 2.45) is 0 Å². The highest BCUT2D eigenvalue weighted by atomic mass is 32.2. The van der Waals surface area contributed by atoms with Crippen LogP contribution >= 0.6 is 11.3 Å². The predicted molar refractivity (Wildman–Crippen MR) is 82.7 cm³/mol. The molecule has 2 unspecified atom stereocenters. The van der Waals surface area contributed by atoms with Crippen LogP contribution in [0.1, 0.15) is 42.3 Å². The lowest BCUT2D eigenvalue weighted by Gasteiger charge is -2.13. The molecule has 1 aromatic carbocycles. The minimum atomic E-state index is -3.65. The van der Waals surface area contributed by atoms with Gasteiger partial charge < -0.3 is 5.11 Å². The van der Waals surface area contributed by atoms with Gasteiger partial charge in [-0.2, -0.15) is 0 Å². The molecule has 0 aliphatic rings. The van der Waals surface area contributed by atoms with Crippen LogP contribution in [0.5, 0.6) is 0 Å². The Morgan fingerprint density at radius 1 is 1.33 bits per heavy atom. The Kier molecular flexibility index (Phi) is 4.77. The van der Waals surface area contributed by atoms with Gasteiger partial charge in [0.2, 0.25) is 10.0 Å². The van der Waals surface area contributed by atoms with Gasteiger partial charge in [0.1, 0.15) is 5.01 Å². The molecule has 0 saturated heterocycles. The summed E-state index contributed by atoms with van der Waals surface area (Å²) in [5, 5.41) is 12.2. The number of hydrogen-bond acceptors (Lipinski definition) is 5. The minimum Gasteiger partial charge on any atom is -0.389 e. The van der Waals surface area contributed by atoms with E-state index in [0.717, 1.165) is 10.7 Å². The Bertz CT molecular complexity index is 723. The van der Waals surface area contributed by atoms with Gasteiger partial charge in [0.25, 0.3) is 0 Å². The van der Waals surface area contributed by atoms with Gasteiger partial charge >= 0.3 is 0 Å². The molecule has 0 saturated carbocycles. The molecule has 0 aliphatic carbocycles. The molecule has 5 nitrogen and oxygen atoms in total. The van der Waals surface area contributed by atoms with Crippen LogP contribution in [-0.4, -0.2) is 18.5 Å². The van der Waals surface area contributed by atoms with Crippen molar-refractivity contribution in [1.29, 1.82) is 0 Å². The van der Waals surface area contributed by atoms with Crippen molar-refractivity contribution < 1.29 is 13.5 Å². The van der Waals surface area contributed by atoms with Crippen molar-refractivity contribution in [3.05, 3.63) is 45.9 Å². The summed E-state index contributed by atoms with van der Waals surface area (Å²) >= 11 is 1.42. The molecule has 2 N–H and O–H groups in total. The number of aliphatic hydroxyl groups excluding tert-OH is 1. The SMILES string of the molecule is Cc1csc(C(C)NS(=O)(=O)c2cccc(C(C)O)c2)n1. The Morgan fingerprint density at radius 2 is 2.05 bits per heavy atom. The molecule has 0 bridgehead atoms. The molecule has 0 aliphatic heterocycles. The third-order valence-electron chi connectivity index (χ3n) is 2.99. The predicted octanol–water partition coefficient (Wildman–Crippen LogP) is 2.54. The van der Waals surface area contributed by atoms with E-state index < -0.39 is 22.2 Å². The number of nitrogens with one attached hydrogen (secondary N) is 1. The molecule has 0 fully saturated rings. The molecule has 2 aromatic rings. The van der Waals surface area contributed by atoms with E-state index in [1.807, 2.05) is 12.3 Å². The highest BCUT2D eigenvalue weighted by molar-refractivity contribution is 7.89. The maximum Gasteiger partial charge on any atom is 0.241 e. The van der Waals surface area contributed by atoms with E-state index in [9.17, 15) is 13.5 Å². The summed E-state index contributed by atoms with van der Waals surface area (Å²) in [6.07, 6.45) is -0.709. The van der Waals surface area contributed by atoms with Gasteiger partial charge in [0.15, 0.2) is 0 Å². The first kappa shape index (κ1) is 16.1. The zero-order valence-corrected chi connectivity index (χ0v) is 13.7. The molecule has 1 aromatic heterocycles. The fraction of sp³-hybridized carbons (Fsp3) is 0.357. The number of thiazole rings is 1. The van der Waals surface area contributed by atoms with Crippen molar-refractivity contribution in [2.45, 2.75) is 37.8 Å². The molecule has 2 atom stereocenters. The molecule has 1 heterocycles. The molecular weight excluding hydrogens is 308 g/mol. The van der Waals surface area contributed by atoms with Crippen molar-refractivity contribution in [3.8, 4) is 0 Å². The van der Waals surface area contributed by atoms with Crippen molar-refractivity contribution in [3.63, 3.8) is 0 Å². The van der Waals surface area contributed by atoms with Crippen molar-refractivity contribution >= 4 is 21.4 Å². The summed E-state index contributed by atoms with van der Waals surface area (Å²) in [4.78, 5) is 4.43. The van der Waals surface area contributed by atoms with Gasteiger partial charge in [-0.15, -0.1) is 11.3 Å². The lowest BCUT2D eigenvalue weighted by Crippen LogP contribution is -2.27. The van der Waals surface area contributed by atoms with E-state index in [0.29, 0.717) is 5.56 Å². The second-order valence-electron chi connectivity index (χ2n) is 4.92. The monoisotopic (exact) mass is 326 g/mol. The fourth-order valence-corrected chi connectivity index (χ4v) is 4.00. The van der Waals surface area contributed by atoms with E-state index in [1.165, 1.54) is 23.5 Å². The zero-order valence-electron chi connectivity index (χ0n) is 12.1. The second kappa shape index (κ2) is 6.23. The molecule has 0 radical (unpaired) electrons. The van der Waals surface area contributed by atoms with Crippen LogP contribution in [-0.2, 0) is 10.0 Å². The average Bonchev–Trinajstić information content (AvgIpc) is 2.85. The van der Waals surface area contributed by atoms with Crippen LogP contribution in [0.25, 0.3) is 0 Å². The molecular formula is C14H18N2O3S2. The highest BCUT2D eigenvalue weighted by Gasteiger charge is 2.20. The first-order chi connectivity index (χ1) is 9.79. The van der Waals surface area contributed by atoms with E-state index in [1.54, 1.807) is 26.0 Å². The topological polar surface area (TPSA) is 79.3 Å². The minimum absolute atomic E-state index is 0.140. The third-order valence-corrected chi connectivity index (χ3v) is 5.67. The number of nitrogens with zero attached hydrogens (tertiary/aromatic N) is 1. The summed E-state index contributed by atoms with van der Waals surface area (Å²) in [7, 11) is -3.65. The Balaban J connectivity index is 2.24. The van der Waals surface area contributed by atoms with Crippen LogP contribution in [0, 0.1) is 6.92 Å². The highest BCUT2D eigenvalue weighted by Crippen LogP contribution is 2.22. The Morgan fingerprint density at radius 3 is 2.62 bits per heavy atom. The van der Waals surface area contributed by atoms with Crippen molar-refractivity contribution in [1.82, 2.24) is 9.71 Å². The fourth-order valence-electron chi connectivity index (χ4n) is 1.86. The van der Waals surface area contributed by atoms with Crippen LogP contribution in [0.2, 0.25) is 0 Å². The van der Waals surface area contributed by atoms with Crippen LogP contribution in [0.3, 0.4) is 0 Å². The quantitative estimate of drug-likeness (QED) is 0.885. The number of benzene rings is 1. The van der Waals surface area contributed by atoms with Gasteiger partial charge in [-0.1, -0.05) is 12.1 Å². The Labute approximate surface area is 128 Å². The van der Waals surface area contributed by atoms with E-state index in [2.05, 4.69) is 9.71 Å². The van der Waals surface area contributed by atoms with Crippen LogP contribution in [0.4, 0.5) is 0 Å². The number of sulfonamides is 1.